The highest BCUT2D eigenvalue weighted by Crippen LogP contribution is 2.54. The number of aromatic amines is 1. The SMILES string of the molecule is CC(C)c1ccccc1C1CN(C2CCCc3ccccc32)CCN1C1CC2(CCN(c3ccc(C(=O)NS(=O)(=O)c4ccc(NCC5CCC(C)(O)CC5)c([N+](=O)[O-])c4)c(Oc4cnc5[nH]ccc5c4)c3)CC2)C1. The molecule has 5 aliphatic rings. The Morgan fingerprint density at radius 2 is 1.67 bits per heavy atom. The number of benzene rings is 4. The summed E-state index contributed by atoms with van der Waals surface area (Å²) in [7, 11) is -4.58. The van der Waals surface area contributed by atoms with Crippen LogP contribution in [0.25, 0.3) is 11.0 Å². The number of pyridine rings is 1. The zero-order chi connectivity index (χ0) is 52.1. The molecule has 2 aliphatic heterocycles. The van der Waals surface area contributed by atoms with Crippen LogP contribution in [0.5, 0.6) is 11.5 Å². The molecule has 4 heterocycles. The van der Waals surface area contributed by atoms with Crippen molar-refractivity contribution in [1.29, 1.82) is 0 Å². The molecule has 3 aliphatic carbocycles. The number of rotatable bonds is 14. The Morgan fingerprint density at radius 1 is 0.907 bits per heavy atom. The molecular formula is C59H70N8O7S. The number of amides is 1. The summed E-state index contributed by atoms with van der Waals surface area (Å²) < 4.78 is 36.3. The van der Waals surface area contributed by atoms with Crippen LogP contribution in [0.3, 0.4) is 0 Å². The zero-order valence-corrected chi connectivity index (χ0v) is 44.2. The number of aromatic nitrogens is 2. The summed E-state index contributed by atoms with van der Waals surface area (Å²) in [5.41, 5.74) is 6.74. The molecule has 11 rings (SSSR count). The van der Waals surface area contributed by atoms with Crippen LogP contribution in [0, 0.1) is 21.4 Å². The molecule has 2 aromatic heterocycles. The molecule has 2 saturated carbocycles. The standard InChI is InChI=1S/C59H70N8O7S/c1-39(2)47-11-6-7-13-49(47)54-38-65(52-14-8-10-41-9-4-5-12-48(41)52)29-30-66(54)44-34-59(35-44)24-27-64(28-25-59)43-15-17-50(55(32-43)74-45-31-42-21-26-60-56(42)62-37-45)57(68)63-75(72,73)46-16-18-51(53(33-46)67(70)71)61-36-40-19-22-58(3,69)23-20-40/h4-7,9,11-13,15-18,21,26,31-33,37,39-40,44,52,54,61,69H,8,10,14,19-20,22-25,27-30,34-36,38H2,1-3H3,(H,60,62)(H,63,68). The monoisotopic (exact) mass is 1030 g/mol. The number of sulfonamides is 1. The van der Waals surface area contributed by atoms with Gasteiger partial charge in [0.1, 0.15) is 22.8 Å². The Bertz CT molecular complexity index is 3190. The van der Waals surface area contributed by atoms with E-state index in [0.717, 1.165) is 88.4 Å². The van der Waals surface area contributed by atoms with Gasteiger partial charge in [0.15, 0.2) is 0 Å². The molecule has 0 radical (unpaired) electrons. The van der Waals surface area contributed by atoms with Gasteiger partial charge in [-0.25, -0.2) is 18.1 Å². The van der Waals surface area contributed by atoms with Gasteiger partial charge in [0.2, 0.25) is 0 Å². The number of nitrogens with one attached hydrogen (secondary N) is 3. The number of nitrogens with zero attached hydrogens (tertiary/aromatic N) is 5. The van der Waals surface area contributed by atoms with Gasteiger partial charge in [-0.1, -0.05) is 62.4 Å². The quantitative estimate of drug-likeness (QED) is 0.0598. The van der Waals surface area contributed by atoms with Gasteiger partial charge >= 0.3 is 0 Å². The maximum atomic E-state index is 14.1. The first-order valence-corrected chi connectivity index (χ1v) is 28.6. The summed E-state index contributed by atoms with van der Waals surface area (Å²) in [5.74, 6) is 0.212. The molecular weight excluding hydrogens is 965 g/mol. The van der Waals surface area contributed by atoms with Gasteiger partial charge in [-0.15, -0.1) is 0 Å². The van der Waals surface area contributed by atoms with Crippen LogP contribution in [0.1, 0.15) is 136 Å². The molecule has 4 aromatic carbocycles. The topological polar surface area (TPSA) is 186 Å². The van der Waals surface area contributed by atoms with Crippen molar-refractivity contribution in [3.8, 4) is 11.5 Å². The number of carbonyl (C=O) groups is 1. The van der Waals surface area contributed by atoms with Gasteiger partial charge < -0.3 is 25.0 Å². The van der Waals surface area contributed by atoms with E-state index in [4.69, 9.17) is 4.74 Å². The molecule has 1 amide bonds. The number of nitro benzene ring substituents is 1. The lowest BCUT2D eigenvalue weighted by Crippen LogP contribution is -2.60. The molecule has 4 N–H and O–H groups in total. The number of H-pyrrole nitrogens is 1. The molecule has 6 aromatic rings. The number of piperidine rings is 1. The fourth-order valence-corrected chi connectivity index (χ4v) is 14.1. The van der Waals surface area contributed by atoms with E-state index < -0.39 is 37.0 Å². The van der Waals surface area contributed by atoms with E-state index in [1.807, 2.05) is 19.1 Å². The summed E-state index contributed by atoms with van der Waals surface area (Å²) in [4.78, 5) is 40.9. The van der Waals surface area contributed by atoms with Crippen LogP contribution in [0.4, 0.5) is 17.1 Å². The lowest BCUT2D eigenvalue weighted by Gasteiger charge is -2.59. The fourth-order valence-electron chi connectivity index (χ4n) is 13.1. The lowest BCUT2D eigenvalue weighted by atomic mass is 9.59. The fraction of sp³-hybridized carbons (Fsp3) is 0.458. The van der Waals surface area contributed by atoms with E-state index in [-0.39, 0.29) is 28.3 Å². The number of hydrogen-bond donors (Lipinski definition) is 4. The number of aliphatic hydroxyl groups is 1. The Labute approximate surface area is 440 Å². The highest BCUT2D eigenvalue weighted by molar-refractivity contribution is 7.90. The van der Waals surface area contributed by atoms with E-state index in [1.54, 1.807) is 30.6 Å². The minimum Gasteiger partial charge on any atom is -0.455 e. The smallest absolute Gasteiger partial charge is 0.293 e. The number of anilines is 2. The van der Waals surface area contributed by atoms with Crippen LogP contribution in [-0.4, -0.2) is 95.0 Å². The number of fused-ring (bicyclic) bond motifs is 2. The molecule has 2 atom stereocenters. The average Bonchev–Trinajstić information content (AvgIpc) is 3.89. The molecule has 2 unspecified atom stereocenters. The zero-order valence-electron chi connectivity index (χ0n) is 43.3. The van der Waals surface area contributed by atoms with Crippen LogP contribution >= 0.6 is 0 Å². The number of carbonyl (C=O) groups excluding carboxylic acids is 1. The van der Waals surface area contributed by atoms with E-state index in [2.05, 4.69) is 97.1 Å². The predicted molar refractivity (Wildman–Crippen MR) is 292 cm³/mol. The van der Waals surface area contributed by atoms with Crippen molar-refractivity contribution < 1.29 is 28.0 Å². The van der Waals surface area contributed by atoms with Gasteiger partial charge in [-0.3, -0.25) is 24.7 Å². The van der Waals surface area contributed by atoms with E-state index >= 15 is 0 Å². The molecule has 1 spiro atoms. The van der Waals surface area contributed by atoms with Crippen molar-refractivity contribution in [2.75, 3.05) is 49.5 Å². The van der Waals surface area contributed by atoms with Crippen molar-refractivity contribution in [3.63, 3.8) is 0 Å². The second kappa shape index (κ2) is 20.7. The first kappa shape index (κ1) is 50.8. The summed E-state index contributed by atoms with van der Waals surface area (Å²) in [5, 5.41) is 26.5. The molecule has 15 nitrogen and oxygen atoms in total. The highest BCUT2D eigenvalue weighted by atomic mass is 32.2. The third-order valence-corrected chi connectivity index (χ3v) is 18.8. The lowest BCUT2D eigenvalue weighted by molar-refractivity contribution is -0.384. The van der Waals surface area contributed by atoms with Crippen LogP contribution in [0.15, 0.2) is 114 Å². The summed E-state index contributed by atoms with van der Waals surface area (Å²) in [6.45, 7) is 11.7. The van der Waals surface area contributed by atoms with Crippen LogP contribution in [0.2, 0.25) is 0 Å². The molecule has 75 heavy (non-hydrogen) atoms. The van der Waals surface area contributed by atoms with Crippen molar-refractivity contribution in [2.45, 2.75) is 126 Å². The van der Waals surface area contributed by atoms with E-state index in [1.165, 1.54) is 53.6 Å². The third kappa shape index (κ3) is 10.6. The van der Waals surface area contributed by atoms with Crippen molar-refractivity contribution >= 4 is 44.0 Å². The second-order valence-corrected chi connectivity index (χ2v) is 24.4. The van der Waals surface area contributed by atoms with E-state index in [9.17, 15) is 28.4 Å². The first-order chi connectivity index (χ1) is 36.1. The van der Waals surface area contributed by atoms with Gasteiger partial charge in [-0.05, 0) is 153 Å². The second-order valence-electron chi connectivity index (χ2n) is 22.7. The largest absolute Gasteiger partial charge is 0.455 e. The van der Waals surface area contributed by atoms with E-state index in [0.29, 0.717) is 54.8 Å². The molecule has 2 saturated heterocycles. The Morgan fingerprint density at radius 3 is 2.44 bits per heavy atom. The number of nitro groups is 1. The predicted octanol–water partition coefficient (Wildman–Crippen LogP) is 11.0. The summed E-state index contributed by atoms with van der Waals surface area (Å²) in [6.07, 6.45) is 14.1. The van der Waals surface area contributed by atoms with Gasteiger partial charge in [0.25, 0.3) is 21.6 Å². The van der Waals surface area contributed by atoms with Crippen molar-refractivity contribution in [1.82, 2.24) is 24.5 Å². The van der Waals surface area contributed by atoms with Gasteiger partial charge in [0, 0.05) is 86.8 Å². The number of ether oxygens (including phenoxy) is 1. The third-order valence-electron chi connectivity index (χ3n) is 17.5. The Balaban J connectivity index is 0.787. The highest BCUT2D eigenvalue weighted by Gasteiger charge is 2.50. The van der Waals surface area contributed by atoms with Crippen LogP contribution in [-0.2, 0) is 16.4 Å². The maximum absolute atomic E-state index is 14.1. The van der Waals surface area contributed by atoms with Crippen molar-refractivity contribution in [2.24, 2.45) is 11.3 Å². The number of piperazine rings is 1. The normalized spacial score (nSPS) is 23.4. The van der Waals surface area contributed by atoms with Crippen molar-refractivity contribution in [3.05, 3.63) is 147 Å². The van der Waals surface area contributed by atoms with Gasteiger partial charge in [-0.2, -0.15) is 0 Å². The minimum atomic E-state index is -4.58. The number of aryl methyl sites for hydroxylation is 1. The maximum Gasteiger partial charge on any atom is 0.293 e. The molecule has 16 heteroatoms. The molecule has 394 valence electrons. The molecule has 0 bridgehead atoms. The summed E-state index contributed by atoms with van der Waals surface area (Å²) in [6, 6.07) is 32.0. The minimum absolute atomic E-state index is 0.0209. The first-order valence-electron chi connectivity index (χ1n) is 27.1. The molecule has 4 fully saturated rings. The number of hydrogen-bond acceptors (Lipinski definition) is 12. The Hall–Kier alpha value is -6.33. The Kier molecular flexibility index (Phi) is 14.0. The van der Waals surface area contributed by atoms with Crippen LogP contribution < -0.4 is 19.7 Å². The summed E-state index contributed by atoms with van der Waals surface area (Å²) >= 11 is 0. The van der Waals surface area contributed by atoms with Gasteiger partial charge in [0.05, 0.1) is 27.2 Å². The average molecular weight is 1040 g/mol.